The number of unbranched alkanes of at least 4 members (excludes halogenated alkanes) is 3. The summed E-state index contributed by atoms with van der Waals surface area (Å²) in [4.78, 5) is 12.8. The molecule has 0 spiro atoms. The fourth-order valence-electron chi connectivity index (χ4n) is 5.58. The third kappa shape index (κ3) is 29.8. The first-order valence-electron chi connectivity index (χ1n) is 21.6. The van der Waals surface area contributed by atoms with Crippen LogP contribution in [0.2, 0.25) is 0 Å². The average molecular weight is 809 g/mol. The molecule has 1 saturated heterocycles. The molecule has 0 aromatic carbocycles. The SMILES string of the molecule is CC/C=C\C/C=C\C/C=C\C/C=C\C/C=C\CCCCCC(=O)OC(COCC/C=C\C/C=C\C/C=C\C/C=C\C/C=C\CC)COC1OC(CO)C(O)C(O)C1O. The van der Waals surface area contributed by atoms with Crippen LogP contribution in [0.1, 0.15) is 117 Å². The van der Waals surface area contributed by atoms with Gasteiger partial charge >= 0.3 is 5.97 Å². The van der Waals surface area contributed by atoms with Crippen LogP contribution in [0, 0.1) is 0 Å². The van der Waals surface area contributed by atoms with E-state index in [2.05, 4.69) is 129 Å². The van der Waals surface area contributed by atoms with Gasteiger partial charge in [0.15, 0.2) is 6.29 Å². The number of hydrogen-bond donors (Lipinski definition) is 4. The fraction of sp³-hybridized carbons (Fsp3) is 0.571. The highest BCUT2D eigenvalue weighted by Gasteiger charge is 2.44. The van der Waals surface area contributed by atoms with Crippen LogP contribution < -0.4 is 0 Å². The molecule has 0 aliphatic carbocycles. The first-order chi connectivity index (χ1) is 28.4. The molecule has 0 aromatic rings. The number of ether oxygens (including phenoxy) is 4. The molecule has 6 atom stereocenters. The average Bonchev–Trinajstić information content (AvgIpc) is 3.22. The maximum Gasteiger partial charge on any atom is 0.306 e. The largest absolute Gasteiger partial charge is 0.457 e. The lowest BCUT2D eigenvalue weighted by molar-refractivity contribution is -0.305. The first kappa shape index (κ1) is 52.6. The van der Waals surface area contributed by atoms with E-state index in [-0.39, 0.29) is 25.6 Å². The predicted molar refractivity (Wildman–Crippen MR) is 237 cm³/mol. The molecule has 4 N–H and O–H groups in total. The van der Waals surface area contributed by atoms with E-state index >= 15 is 0 Å². The second-order valence-corrected chi connectivity index (χ2v) is 14.0. The van der Waals surface area contributed by atoms with Crippen LogP contribution in [0.5, 0.6) is 0 Å². The van der Waals surface area contributed by atoms with E-state index in [1.165, 1.54) is 0 Å². The van der Waals surface area contributed by atoms with Gasteiger partial charge in [0.1, 0.15) is 30.5 Å². The number of allylic oxidation sites excluding steroid dienone is 19. The van der Waals surface area contributed by atoms with Crippen LogP contribution >= 0.6 is 0 Å². The summed E-state index contributed by atoms with van der Waals surface area (Å²) < 4.78 is 22.6. The third-order valence-corrected chi connectivity index (χ3v) is 8.89. The van der Waals surface area contributed by atoms with Gasteiger partial charge in [-0.05, 0) is 89.9 Å². The van der Waals surface area contributed by atoms with Gasteiger partial charge < -0.3 is 39.4 Å². The molecular weight excluding hydrogens is 733 g/mol. The van der Waals surface area contributed by atoms with Crippen molar-refractivity contribution in [2.24, 2.45) is 0 Å². The first-order valence-corrected chi connectivity index (χ1v) is 21.6. The Labute approximate surface area is 350 Å². The number of aliphatic hydroxyl groups is 4. The van der Waals surface area contributed by atoms with Crippen LogP contribution in [0.3, 0.4) is 0 Å². The Morgan fingerprint density at radius 2 is 1.00 bits per heavy atom. The van der Waals surface area contributed by atoms with Crippen molar-refractivity contribution in [1.29, 1.82) is 0 Å². The zero-order valence-corrected chi connectivity index (χ0v) is 35.5. The monoisotopic (exact) mass is 809 g/mol. The molecule has 1 aliphatic heterocycles. The summed E-state index contributed by atoms with van der Waals surface area (Å²) in [6.07, 6.45) is 49.6. The quantitative estimate of drug-likeness (QED) is 0.0285. The highest BCUT2D eigenvalue weighted by Crippen LogP contribution is 2.22. The molecule has 1 rings (SSSR count). The maximum atomic E-state index is 12.8. The molecule has 1 aliphatic rings. The Hall–Kier alpha value is -3.41. The van der Waals surface area contributed by atoms with Crippen molar-refractivity contribution in [3.8, 4) is 0 Å². The fourth-order valence-corrected chi connectivity index (χ4v) is 5.58. The summed E-state index contributed by atoms with van der Waals surface area (Å²) in [6.45, 7) is 4.02. The molecule has 0 saturated carbocycles. The molecule has 0 radical (unpaired) electrons. The lowest BCUT2D eigenvalue weighted by Crippen LogP contribution is -2.59. The van der Waals surface area contributed by atoms with Gasteiger partial charge in [0.05, 0.1) is 26.4 Å². The smallest absolute Gasteiger partial charge is 0.306 e. The summed E-state index contributed by atoms with van der Waals surface area (Å²) in [5.74, 6) is -0.376. The second-order valence-electron chi connectivity index (χ2n) is 14.0. The molecule has 0 bridgehead atoms. The van der Waals surface area contributed by atoms with E-state index in [1.807, 2.05) is 6.08 Å². The Morgan fingerprint density at radius 3 is 1.47 bits per heavy atom. The molecule has 9 nitrogen and oxygen atoms in total. The Kier molecular flexibility index (Phi) is 35.4. The molecule has 0 aromatic heterocycles. The zero-order chi connectivity index (χ0) is 42.2. The summed E-state index contributed by atoms with van der Waals surface area (Å²) in [5.41, 5.74) is 0. The molecule has 58 heavy (non-hydrogen) atoms. The molecular formula is C49H76O9. The van der Waals surface area contributed by atoms with Crippen LogP contribution in [0.4, 0.5) is 0 Å². The van der Waals surface area contributed by atoms with Crippen LogP contribution in [-0.2, 0) is 23.7 Å². The Bertz CT molecular complexity index is 1290. The Morgan fingerprint density at radius 1 is 0.552 bits per heavy atom. The second kappa shape index (κ2) is 39.1. The van der Waals surface area contributed by atoms with Crippen LogP contribution in [0.15, 0.2) is 122 Å². The minimum atomic E-state index is -1.56. The predicted octanol–water partition coefficient (Wildman–Crippen LogP) is 9.57. The summed E-state index contributed by atoms with van der Waals surface area (Å²) >= 11 is 0. The highest BCUT2D eigenvalue weighted by molar-refractivity contribution is 5.69. The molecule has 6 unspecified atom stereocenters. The summed E-state index contributed by atoms with van der Waals surface area (Å²) in [7, 11) is 0. The number of esters is 1. The minimum Gasteiger partial charge on any atom is -0.457 e. The highest BCUT2D eigenvalue weighted by atomic mass is 16.7. The van der Waals surface area contributed by atoms with Crippen molar-refractivity contribution in [3.63, 3.8) is 0 Å². The zero-order valence-electron chi connectivity index (χ0n) is 35.5. The van der Waals surface area contributed by atoms with Gasteiger partial charge in [0, 0.05) is 6.42 Å². The summed E-state index contributed by atoms with van der Waals surface area (Å²) in [5, 5.41) is 40.1. The number of carbonyl (C=O) groups excluding carboxylic acids is 1. The van der Waals surface area contributed by atoms with E-state index in [4.69, 9.17) is 18.9 Å². The van der Waals surface area contributed by atoms with Gasteiger partial charge in [0.25, 0.3) is 0 Å². The van der Waals surface area contributed by atoms with Gasteiger partial charge in [-0.1, -0.05) is 142 Å². The molecule has 9 heteroatoms. The van der Waals surface area contributed by atoms with E-state index in [1.54, 1.807) is 0 Å². The Balaban J connectivity index is 2.39. The van der Waals surface area contributed by atoms with Crippen molar-refractivity contribution in [3.05, 3.63) is 122 Å². The van der Waals surface area contributed by atoms with Crippen LogP contribution in [0.25, 0.3) is 0 Å². The van der Waals surface area contributed by atoms with E-state index < -0.39 is 43.4 Å². The molecule has 0 amide bonds. The molecule has 1 fully saturated rings. The van der Waals surface area contributed by atoms with Crippen molar-refractivity contribution in [1.82, 2.24) is 0 Å². The van der Waals surface area contributed by atoms with E-state index in [0.29, 0.717) is 19.4 Å². The molecule has 326 valence electrons. The van der Waals surface area contributed by atoms with Crippen molar-refractivity contribution in [2.75, 3.05) is 26.4 Å². The number of hydrogen-bond acceptors (Lipinski definition) is 9. The number of carbonyl (C=O) groups is 1. The van der Waals surface area contributed by atoms with E-state index in [0.717, 1.165) is 83.5 Å². The normalized spacial score (nSPS) is 21.5. The number of rotatable bonds is 34. The van der Waals surface area contributed by atoms with Gasteiger partial charge in [-0.3, -0.25) is 4.79 Å². The third-order valence-electron chi connectivity index (χ3n) is 8.89. The van der Waals surface area contributed by atoms with E-state index in [9.17, 15) is 25.2 Å². The van der Waals surface area contributed by atoms with Gasteiger partial charge in [-0.15, -0.1) is 0 Å². The lowest BCUT2D eigenvalue weighted by atomic mass is 9.99. The topological polar surface area (TPSA) is 135 Å². The lowest BCUT2D eigenvalue weighted by Gasteiger charge is -2.39. The van der Waals surface area contributed by atoms with Crippen LogP contribution in [-0.4, -0.2) is 89.6 Å². The van der Waals surface area contributed by atoms with Crippen molar-refractivity contribution < 1.29 is 44.2 Å². The molecule has 1 heterocycles. The van der Waals surface area contributed by atoms with Crippen molar-refractivity contribution >= 4 is 5.97 Å². The van der Waals surface area contributed by atoms with Gasteiger partial charge in [-0.2, -0.15) is 0 Å². The number of aliphatic hydroxyl groups excluding tert-OH is 4. The van der Waals surface area contributed by atoms with Gasteiger partial charge in [0.2, 0.25) is 0 Å². The van der Waals surface area contributed by atoms with Crippen molar-refractivity contribution in [2.45, 2.75) is 153 Å². The summed E-state index contributed by atoms with van der Waals surface area (Å²) in [6, 6.07) is 0. The standard InChI is InChI=1S/C49H76O9/c1-3-5-7-9-11-13-15-17-19-21-22-23-24-26-28-30-32-34-36-38-45(51)57-43(42-56-49-48(54)47(53)46(52)44(40-50)58-49)41-55-39-37-35-33-31-29-27-25-20-18-16-14-12-10-8-6-4-2/h5-8,11-14,17-20,22-23,26-29,33,35,43-44,46-50,52-54H,3-4,9-10,15-16,21,24-25,30-32,34,36-42H2,1-2H3/b7-5-,8-6-,13-11-,14-12-,19-17-,20-18-,23-22-,28-26-,29-27-,35-33-. The minimum absolute atomic E-state index is 0.0674. The maximum absolute atomic E-state index is 12.8. The van der Waals surface area contributed by atoms with Gasteiger partial charge in [-0.25, -0.2) is 0 Å².